The van der Waals surface area contributed by atoms with E-state index in [9.17, 15) is 22.7 Å². The zero-order chi connectivity index (χ0) is 17.1. The Kier molecular flexibility index (Phi) is 4.99. The Hall–Kier alpha value is -2.02. The van der Waals surface area contributed by atoms with Crippen molar-refractivity contribution in [3.63, 3.8) is 0 Å². The molecule has 1 aromatic rings. The van der Waals surface area contributed by atoms with E-state index in [1.54, 1.807) is 6.07 Å². The zero-order valence-corrected chi connectivity index (χ0v) is 12.9. The van der Waals surface area contributed by atoms with E-state index in [0.717, 1.165) is 18.2 Å². The SMILES string of the molecule is N#Cc1ccc(S(=O)(=O)NCC2(C(=O)O)CCOCC2)cc1F. The van der Waals surface area contributed by atoms with Crippen LogP contribution in [0.5, 0.6) is 0 Å². The van der Waals surface area contributed by atoms with Crippen molar-refractivity contribution in [3.05, 3.63) is 29.6 Å². The molecule has 0 amide bonds. The summed E-state index contributed by atoms with van der Waals surface area (Å²) in [5.41, 5.74) is -1.51. The molecular formula is C14H15FN2O5S. The monoisotopic (exact) mass is 342 g/mol. The summed E-state index contributed by atoms with van der Waals surface area (Å²) in [6.45, 7) is 0.161. The van der Waals surface area contributed by atoms with Crippen LogP contribution in [0.25, 0.3) is 0 Å². The lowest BCUT2D eigenvalue weighted by atomic mass is 9.80. The molecule has 0 radical (unpaired) electrons. The number of hydrogen-bond donors (Lipinski definition) is 2. The largest absolute Gasteiger partial charge is 0.481 e. The maximum Gasteiger partial charge on any atom is 0.311 e. The zero-order valence-electron chi connectivity index (χ0n) is 12.1. The van der Waals surface area contributed by atoms with Gasteiger partial charge in [0.15, 0.2) is 0 Å². The molecule has 0 aromatic heterocycles. The summed E-state index contributed by atoms with van der Waals surface area (Å²) >= 11 is 0. The van der Waals surface area contributed by atoms with E-state index in [1.807, 2.05) is 0 Å². The minimum absolute atomic E-state index is 0.187. The number of carboxylic acids is 1. The maximum atomic E-state index is 13.6. The fraction of sp³-hybridized carbons (Fsp3) is 0.429. The number of sulfonamides is 1. The van der Waals surface area contributed by atoms with Gasteiger partial charge in [0, 0.05) is 19.8 Å². The van der Waals surface area contributed by atoms with Crippen LogP contribution in [0.2, 0.25) is 0 Å². The highest BCUT2D eigenvalue weighted by atomic mass is 32.2. The summed E-state index contributed by atoms with van der Waals surface area (Å²) in [4.78, 5) is 11.1. The molecule has 1 heterocycles. The van der Waals surface area contributed by atoms with Crippen LogP contribution in [0, 0.1) is 22.6 Å². The highest BCUT2D eigenvalue weighted by Crippen LogP contribution is 2.30. The van der Waals surface area contributed by atoms with Gasteiger partial charge in [0.05, 0.1) is 15.9 Å². The molecule has 0 spiro atoms. The van der Waals surface area contributed by atoms with E-state index >= 15 is 0 Å². The number of hydrogen-bond acceptors (Lipinski definition) is 5. The Morgan fingerprint density at radius 3 is 2.61 bits per heavy atom. The number of benzene rings is 1. The number of nitriles is 1. The van der Waals surface area contributed by atoms with Crippen LogP contribution in [-0.2, 0) is 19.6 Å². The number of nitrogens with zero attached hydrogens (tertiary/aromatic N) is 1. The summed E-state index contributed by atoms with van der Waals surface area (Å²) in [5.74, 6) is -2.05. The first-order valence-electron chi connectivity index (χ1n) is 6.81. The maximum absolute atomic E-state index is 13.6. The van der Waals surface area contributed by atoms with Gasteiger partial charge in [-0.2, -0.15) is 5.26 Å². The summed E-state index contributed by atoms with van der Waals surface area (Å²) in [7, 11) is -4.08. The third-order valence-electron chi connectivity index (χ3n) is 3.88. The minimum Gasteiger partial charge on any atom is -0.481 e. The summed E-state index contributed by atoms with van der Waals surface area (Å²) in [5, 5.41) is 18.0. The van der Waals surface area contributed by atoms with Crippen LogP contribution in [0.1, 0.15) is 18.4 Å². The Morgan fingerprint density at radius 1 is 1.43 bits per heavy atom. The molecule has 1 aromatic carbocycles. The van der Waals surface area contributed by atoms with Gasteiger partial charge in [0.1, 0.15) is 11.9 Å². The van der Waals surface area contributed by atoms with E-state index in [0.29, 0.717) is 0 Å². The highest BCUT2D eigenvalue weighted by molar-refractivity contribution is 7.89. The molecule has 1 aliphatic heterocycles. The van der Waals surface area contributed by atoms with Gasteiger partial charge >= 0.3 is 5.97 Å². The average molecular weight is 342 g/mol. The molecule has 1 saturated heterocycles. The van der Waals surface area contributed by atoms with E-state index in [-0.39, 0.29) is 43.1 Å². The van der Waals surface area contributed by atoms with E-state index in [2.05, 4.69) is 4.72 Å². The van der Waals surface area contributed by atoms with Gasteiger partial charge in [0.2, 0.25) is 10.0 Å². The standard InChI is InChI=1S/C14H15FN2O5S/c15-12-7-11(2-1-10(12)8-16)23(20,21)17-9-14(13(18)19)3-5-22-6-4-14/h1-2,7,17H,3-6,9H2,(H,18,19). The topological polar surface area (TPSA) is 116 Å². The van der Waals surface area contributed by atoms with Crippen molar-refractivity contribution in [1.82, 2.24) is 4.72 Å². The van der Waals surface area contributed by atoms with E-state index < -0.39 is 27.2 Å². The Labute approximate surface area is 132 Å². The van der Waals surface area contributed by atoms with Crippen molar-refractivity contribution in [3.8, 4) is 6.07 Å². The predicted molar refractivity (Wildman–Crippen MR) is 76.4 cm³/mol. The molecule has 0 saturated carbocycles. The van der Waals surface area contributed by atoms with Crippen molar-refractivity contribution < 1.29 is 27.4 Å². The molecule has 0 unspecified atom stereocenters. The number of halogens is 1. The van der Waals surface area contributed by atoms with Gasteiger partial charge in [0.25, 0.3) is 0 Å². The number of rotatable bonds is 5. The summed E-state index contributed by atoms with van der Waals surface area (Å²) in [6.07, 6.45) is 0.374. The second-order valence-corrected chi connectivity index (χ2v) is 7.04. The van der Waals surface area contributed by atoms with Gasteiger partial charge in [-0.1, -0.05) is 0 Å². The predicted octanol–water partition coefficient (Wildman–Crippen LogP) is 0.857. The lowest BCUT2D eigenvalue weighted by Gasteiger charge is -2.33. The van der Waals surface area contributed by atoms with Crippen LogP contribution in [0.3, 0.4) is 0 Å². The summed E-state index contributed by atoms with van der Waals surface area (Å²) < 4.78 is 45.3. The van der Waals surface area contributed by atoms with Crippen molar-refractivity contribution in [2.75, 3.05) is 19.8 Å². The van der Waals surface area contributed by atoms with Crippen LogP contribution < -0.4 is 4.72 Å². The quantitative estimate of drug-likeness (QED) is 0.819. The lowest BCUT2D eigenvalue weighted by molar-refractivity contribution is -0.154. The smallest absolute Gasteiger partial charge is 0.311 e. The highest BCUT2D eigenvalue weighted by Gasteiger charge is 2.41. The van der Waals surface area contributed by atoms with Gasteiger partial charge in [-0.25, -0.2) is 17.5 Å². The number of nitrogens with one attached hydrogen (secondary N) is 1. The summed E-state index contributed by atoms with van der Waals surface area (Å²) in [6, 6.07) is 4.49. The third kappa shape index (κ3) is 3.67. The molecule has 1 fully saturated rings. The van der Waals surface area contributed by atoms with Crippen LogP contribution in [-0.4, -0.2) is 39.3 Å². The van der Waals surface area contributed by atoms with Crippen molar-refractivity contribution in [1.29, 1.82) is 5.26 Å². The van der Waals surface area contributed by atoms with Gasteiger partial charge < -0.3 is 9.84 Å². The average Bonchev–Trinajstić information content (AvgIpc) is 2.53. The molecule has 2 rings (SSSR count). The fourth-order valence-corrected chi connectivity index (χ4v) is 3.44. The van der Waals surface area contributed by atoms with Crippen LogP contribution >= 0.6 is 0 Å². The molecule has 0 atom stereocenters. The second kappa shape index (κ2) is 6.62. The molecule has 7 nitrogen and oxygen atoms in total. The fourth-order valence-electron chi connectivity index (χ4n) is 2.30. The normalized spacial score (nSPS) is 17.4. The van der Waals surface area contributed by atoms with Crippen molar-refractivity contribution >= 4 is 16.0 Å². The van der Waals surface area contributed by atoms with Crippen molar-refractivity contribution in [2.24, 2.45) is 5.41 Å². The van der Waals surface area contributed by atoms with Crippen LogP contribution in [0.15, 0.2) is 23.1 Å². The molecule has 9 heteroatoms. The van der Waals surface area contributed by atoms with Gasteiger partial charge in [-0.05, 0) is 31.0 Å². The molecule has 0 bridgehead atoms. The third-order valence-corrected chi connectivity index (χ3v) is 5.27. The van der Waals surface area contributed by atoms with E-state index in [4.69, 9.17) is 10.00 Å². The first-order chi connectivity index (χ1) is 10.8. The first-order valence-corrected chi connectivity index (χ1v) is 8.29. The Bertz CT molecular complexity index is 751. The molecule has 1 aliphatic rings. The first kappa shape index (κ1) is 17.3. The number of aliphatic carboxylic acids is 1. The number of carbonyl (C=O) groups is 1. The van der Waals surface area contributed by atoms with Crippen LogP contribution in [0.4, 0.5) is 4.39 Å². The second-order valence-electron chi connectivity index (χ2n) is 5.28. The van der Waals surface area contributed by atoms with E-state index in [1.165, 1.54) is 0 Å². The molecule has 124 valence electrons. The Morgan fingerprint density at radius 2 is 2.09 bits per heavy atom. The minimum atomic E-state index is -4.08. The Balaban J connectivity index is 2.19. The molecule has 23 heavy (non-hydrogen) atoms. The van der Waals surface area contributed by atoms with Gasteiger partial charge in [-0.3, -0.25) is 4.79 Å². The molecule has 0 aliphatic carbocycles. The molecule has 2 N–H and O–H groups in total. The number of carboxylic acid groups (broad SMARTS) is 1. The van der Waals surface area contributed by atoms with Crippen molar-refractivity contribution in [2.45, 2.75) is 17.7 Å². The number of ether oxygens (including phenoxy) is 1. The van der Waals surface area contributed by atoms with Gasteiger partial charge in [-0.15, -0.1) is 0 Å². The lowest BCUT2D eigenvalue weighted by Crippen LogP contribution is -2.46. The molecular weight excluding hydrogens is 327 g/mol.